The number of anilines is 1. The molecular formula is C11H11ClFNO3S. The lowest BCUT2D eigenvalue weighted by molar-refractivity contribution is 0.101. The van der Waals surface area contributed by atoms with Gasteiger partial charge in [0.15, 0.2) is 5.78 Å². The van der Waals surface area contributed by atoms with Crippen LogP contribution in [0.2, 0.25) is 5.02 Å². The van der Waals surface area contributed by atoms with Crippen LogP contribution in [-0.2, 0) is 10.0 Å². The first kappa shape index (κ1) is 13.3. The number of carbonyl (C=O) groups excluding carboxylic acids is 1. The lowest BCUT2D eigenvalue weighted by atomic mass is 10.1. The number of halogens is 2. The first-order valence-electron chi connectivity index (χ1n) is 5.28. The number of rotatable bonds is 1. The van der Waals surface area contributed by atoms with E-state index >= 15 is 0 Å². The maximum absolute atomic E-state index is 13.7. The van der Waals surface area contributed by atoms with Crippen LogP contribution in [0.1, 0.15) is 24.2 Å². The highest BCUT2D eigenvalue weighted by molar-refractivity contribution is 7.93. The van der Waals surface area contributed by atoms with Gasteiger partial charge in [0.25, 0.3) is 0 Å². The summed E-state index contributed by atoms with van der Waals surface area (Å²) in [7, 11) is -3.76. The number of ketones is 1. The normalized spacial score (nSPS) is 18.1. The van der Waals surface area contributed by atoms with E-state index in [1.165, 1.54) is 6.07 Å². The molecule has 0 atom stereocenters. The van der Waals surface area contributed by atoms with Crippen molar-refractivity contribution in [3.63, 3.8) is 0 Å². The molecule has 0 amide bonds. The van der Waals surface area contributed by atoms with Gasteiger partial charge >= 0.3 is 0 Å². The van der Waals surface area contributed by atoms with Crippen molar-refractivity contribution in [3.8, 4) is 0 Å². The van der Waals surface area contributed by atoms with E-state index in [0.717, 1.165) is 10.4 Å². The fourth-order valence-electron chi connectivity index (χ4n) is 2.07. The zero-order valence-electron chi connectivity index (χ0n) is 9.78. The number of fused-ring (bicyclic) bond motifs is 1. The summed E-state index contributed by atoms with van der Waals surface area (Å²) in [4.78, 5) is 11.7. The van der Waals surface area contributed by atoms with Crippen LogP contribution in [0.15, 0.2) is 12.1 Å². The Bertz CT molecular complexity index is 627. The van der Waals surface area contributed by atoms with E-state index in [1.807, 2.05) is 0 Å². The number of nitrogens with zero attached hydrogens (tertiary/aromatic N) is 1. The molecular weight excluding hydrogens is 281 g/mol. The first-order valence-corrected chi connectivity index (χ1v) is 7.27. The second kappa shape index (κ2) is 4.20. The number of hydrogen-bond donors (Lipinski definition) is 0. The van der Waals surface area contributed by atoms with E-state index in [-0.39, 0.29) is 16.3 Å². The minimum atomic E-state index is -3.76. The van der Waals surface area contributed by atoms with E-state index in [4.69, 9.17) is 11.6 Å². The fourth-order valence-corrected chi connectivity index (χ4v) is 3.97. The van der Waals surface area contributed by atoms with E-state index in [2.05, 4.69) is 0 Å². The monoisotopic (exact) mass is 291 g/mol. The Morgan fingerprint density at radius 2 is 2.00 bits per heavy atom. The lowest BCUT2D eigenvalue weighted by Crippen LogP contribution is -2.45. The molecule has 1 aromatic rings. The topological polar surface area (TPSA) is 54.5 Å². The number of Topliss-reactive ketones (excluding diaryl/α,β-unsaturated/α-hetero) is 1. The summed E-state index contributed by atoms with van der Waals surface area (Å²) in [6, 6.07) is 1.89. The minimum Gasteiger partial charge on any atom is -0.293 e. The molecule has 0 radical (unpaired) electrons. The Balaban J connectivity index is 2.79. The Kier molecular flexibility index (Phi) is 3.11. The Morgan fingerprint density at radius 1 is 1.39 bits per heavy atom. The zero-order chi connectivity index (χ0) is 13.7. The number of sulfonamides is 1. The van der Waals surface area contributed by atoms with Crippen molar-refractivity contribution in [3.05, 3.63) is 28.5 Å². The summed E-state index contributed by atoms with van der Waals surface area (Å²) >= 11 is 5.72. The summed E-state index contributed by atoms with van der Waals surface area (Å²) in [6.07, 6.45) is 0. The molecule has 0 aromatic heterocycles. The maximum atomic E-state index is 13.7. The third-order valence-corrected chi connectivity index (χ3v) is 4.70. The van der Waals surface area contributed by atoms with Crippen molar-refractivity contribution in [1.82, 2.24) is 0 Å². The smallest absolute Gasteiger partial charge is 0.242 e. The lowest BCUT2D eigenvalue weighted by Gasteiger charge is -2.33. The van der Waals surface area contributed by atoms with Gasteiger partial charge in [0.05, 0.1) is 11.3 Å². The predicted octanol–water partition coefficient (Wildman–Crippen LogP) is 2.22. The molecule has 1 aromatic carbocycles. The molecule has 0 saturated carbocycles. The minimum absolute atomic E-state index is 0.0197. The molecule has 7 heteroatoms. The molecule has 0 bridgehead atoms. The largest absolute Gasteiger partial charge is 0.293 e. The molecule has 1 heterocycles. The molecule has 1 aliphatic rings. The molecule has 0 unspecified atom stereocenters. The van der Waals surface area contributed by atoms with Crippen LogP contribution >= 0.6 is 11.6 Å². The van der Waals surface area contributed by atoms with Crippen molar-refractivity contribution in [1.29, 1.82) is 0 Å². The zero-order valence-corrected chi connectivity index (χ0v) is 11.3. The van der Waals surface area contributed by atoms with Gasteiger partial charge in [0.1, 0.15) is 11.6 Å². The molecule has 0 fully saturated rings. The van der Waals surface area contributed by atoms with Gasteiger partial charge in [-0.15, -0.1) is 0 Å². The predicted molar refractivity (Wildman–Crippen MR) is 67.1 cm³/mol. The van der Waals surface area contributed by atoms with Gasteiger partial charge < -0.3 is 0 Å². The SMILES string of the molecule is CC(C)N1c2cc(Cl)cc(F)c2C(=O)CS1(=O)=O. The van der Waals surface area contributed by atoms with Crippen LogP contribution in [0, 0.1) is 5.82 Å². The third-order valence-electron chi connectivity index (χ3n) is 2.63. The number of benzene rings is 1. The molecule has 4 nitrogen and oxygen atoms in total. The van der Waals surface area contributed by atoms with E-state index in [1.54, 1.807) is 13.8 Å². The van der Waals surface area contributed by atoms with Gasteiger partial charge in [-0.05, 0) is 26.0 Å². The van der Waals surface area contributed by atoms with Crippen molar-refractivity contribution in [2.75, 3.05) is 10.1 Å². The Labute approximate surface area is 109 Å². The maximum Gasteiger partial charge on any atom is 0.242 e. The van der Waals surface area contributed by atoms with Crippen LogP contribution in [0.4, 0.5) is 10.1 Å². The van der Waals surface area contributed by atoms with E-state index in [0.29, 0.717) is 0 Å². The number of hydrogen-bond acceptors (Lipinski definition) is 3. The van der Waals surface area contributed by atoms with Crippen LogP contribution < -0.4 is 4.31 Å². The van der Waals surface area contributed by atoms with E-state index in [9.17, 15) is 17.6 Å². The van der Waals surface area contributed by atoms with Crippen molar-refractivity contribution in [2.45, 2.75) is 19.9 Å². The highest BCUT2D eigenvalue weighted by Crippen LogP contribution is 2.35. The number of carbonyl (C=O) groups is 1. The third kappa shape index (κ3) is 1.99. The molecule has 18 heavy (non-hydrogen) atoms. The second-order valence-corrected chi connectivity index (χ2v) is 6.63. The summed E-state index contributed by atoms with van der Waals surface area (Å²) in [5, 5.41) is 0.0572. The Morgan fingerprint density at radius 3 is 2.56 bits per heavy atom. The van der Waals surface area contributed by atoms with Gasteiger partial charge in [-0.1, -0.05) is 11.6 Å². The summed E-state index contributed by atoms with van der Waals surface area (Å²) in [5.41, 5.74) is -0.186. The molecule has 1 aliphatic heterocycles. The second-order valence-electron chi connectivity index (χ2n) is 4.35. The van der Waals surface area contributed by atoms with Crippen molar-refractivity contribution < 1.29 is 17.6 Å². The van der Waals surface area contributed by atoms with Crippen molar-refractivity contribution in [2.24, 2.45) is 0 Å². The van der Waals surface area contributed by atoms with Crippen LogP contribution in [0.25, 0.3) is 0 Å². The van der Waals surface area contributed by atoms with Gasteiger partial charge in [0.2, 0.25) is 10.0 Å². The summed E-state index contributed by atoms with van der Waals surface area (Å²) in [6.45, 7) is 3.30. The highest BCUT2D eigenvalue weighted by Gasteiger charge is 2.38. The van der Waals surface area contributed by atoms with Gasteiger partial charge in [-0.2, -0.15) is 0 Å². The van der Waals surface area contributed by atoms with E-state index < -0.39 is 33.4 Å². The highest BCUT2D eigenvalue weighted by atomic mass is 35.5. The molecule has 0 N–H and O–H groups in total. The van der Waals surface area contributed by atoms with Crippen LogP contribution in [-0.4, -0.2) is 26.0 Å². The molecule has 0 saturated heterocycles. The van der Waals surface area contributed by atoms with Gasteiger partial charge in [-0.25, -0.2) is 12.8 Å². The van der Waals surface area contributed by atoms with Crippen LogP contribution in [0.3, 0.4) is 0 Å². The molecule has 2 rings (SSSR count). The average molecular weight is 292 g/mol. The van der Waals surface area contributed by atoms with Gasteiger partial charge in [-0.3, -0.25) is 9.10 Å². The quantitative estimate of drug-likeness (QED) is 0.797. The fraction of sp³-hybridized carbons (Fsp3) is 0.364. The first-order chi connectivity index (χ1) is 8.24. The van der Waals surface area contributed by atoms with Crippen LogP contribution in [0.5, 0.6) is 0 Å². The molecule has 0 spiro atoms. The standard InChI is InChI=1S/C11H11ClFNO3S/c1-6(2)14-9-4-7(12)3-8(13)11(9)10(15)5-18(14,16)17/h3-4,6H,5H2,1-2H3. The molecule has 98 valence electrons. The molecule has 0 aliphatic carbocycles. The van der Waals surface area contributed by atoms with Crippen molar-refractivity contribution >= 4 is 33.1 Å². The average Bonchev–Trinajstić information content (AvgIpc) is 2.11. The van der Waals surface area contributed by atoms with Gasteiger partial charge in [0, 0.05) is 11.1 Å². The summed E-state index contributed by atoms with van der Waals surface area (Å²) in [5.74, 6) is -2.24. The summed E-state index contributed by atoms with van der Waals surface area (Å²) < 4.78 is 38.7. The Hall–Kier alpha value is -1.14.